The number of furan rings is 1. The molecule has 2 aliphatic carbocycles. The van der Waals surface area contributed by atoms with Crippen molar-refractivity contribution in [2.24, 2.45) is 0 Å². The van der Waals surface area contributed by atoms with Crippen molar-refractivity contribution >= 4 is 22.1 Å². The molecular weight excluding hydrogens is 488 g/mol. The maximum atomic E-state index is 6.44. The first-order chi connectivity index (χ1) is 19.8. The van der Waals surface area contributed by atoms with Crippen LogP contribution in [0.15, 0.2) is 138 Å². The van der Waals surface area contributed by atoms with Crippen LogP contribution < -0.4 is 0 Å². The van der Waals surface area contributed by atoms with Crippen LogP contribution in [0.4, 0.5) is 0 Å². The van der Waals surface area contributed by atoms with Gasteiger partial charge in [-0.3, -0.25) is 0 Å². The minimum Gasteiger partial charge on any atom is -0.452 e. The Labute approximate surface area is 231 Å². The quantitative estimate of drug-likeness (QED) is 0.238. The first-order valence-corrected chi connectivity index (χ1v) is 13.8. The zero-order valence-corrected chi connectivity index (χ0v) is 21.7. The standard InChI is InChI=1S/C37H24N2O/c1-3-13-24(14-4-1)32-34-33(26-17-7-12-22-31(26)40-34)39-35(38-32)37-23-36(25-15-5-2-6-16-25,27-18-8-10-20-29(27)37)28-19-9-11-21-30(28)37/h1-22H,23H2. The van der Waals surface area contributed by atoms with Gasteiger partial charge in [-0.15, -0.1) is 0 Å². The summed E-state index contributed by atoms with van der Waals surface area (Å²) in [4.78, 5) is 10.9. The third-order valence-electron chi connectivity index (χ3n) is 9.14. The lowest BCUT2D eigenvalue weighted by atomic mass is 9.69. The number of hydrogen-bond donors (Lipinski definition) is 0. The Hall–Kier alpha value is -5.02. The van der Waals surface area contributed by atoms with Crippen molar-refractivity contribution < 1.29 is 4.42 Å². The average Bonchev–Trinajstić information content (AvgIpc) is 3.67. The first-order valence-electron chi connectivity index (χ1n) is 13.8. The fourth-order valence-electron chi connectivity index (χ4n) is 7.55. The highest BCUT2D eigenvalue weighted by atomic mass is 16.3. The summed E-state index contributed by atoms with van der Waals surface area (Å²) >= 11 is 0. The Bertz CT molecular complexity index is 2040. The molecule has 188 valence electrons. The van der Waals surface area contributed by atoms with Crippen molar-refractivity contribution in [1.29, 1.82) is 0 Å². The highest BCUT2D eigenvalue weighted by Crippen LogP contribution is 2.67. The van der Waals surface area contributed by atoms with Gasteiger partial charge in [-0.05, 0) is 46.4 Å². The van der Waals surface area contributed by atoms with Crippen LogP contribution in [0.2, 0.25) is 0 Å². The lowest BCUT2D eigenvalue weighted by molar-refractivity contribution is 0.539. The van der Waals surface area contributed by atoms with Crippen LogP contribution in [0.5, 0.6) is 0 Å². The fourth-order valence-corrected chi connectivity index (χ4v) is 7.55. The molecule has 2 aromatic heterocycles. The van der Waals surface area contributed by atoms with Crippen molar-refractivity contribution in [2.45, 2.75) is 17.3 Å². The summed E-state index contributed by atoms with van der Waals surface area (Å²) in [6.45, 7) is 0. The predicted molar refractivity (Wildman–Crippen MR) is 158 cm³/mol. The molecule has 2 heterocycles. The fraction of sp³-hybridized carbons (Fsp3) is 0.0811. The molecule has 2 aliphatic rings. The Morgan fingerprint density at radius 2 is 1.07 bits per heavy atom. The number of hydrogen-bond acceptors (Lipinski definition) is 3. The molecule has 5 aromatic carbocycles. The number of benzene rings is 5. The van der Waals surface area contributed by atoms with E-state index in [4.69, 9.17) is 14.4 Å². The van der Waals surface area contributed by atoms with E-state index in [0.717, 1.165) is 45.6 Å². The highest BCUT2D eigenvalue weighted by molar-refractivity contribution is 6.06. The zero-order chi connectivity index (χ0) is 26.3. The Balaban J connectivity index is 1.43. The van der Waals surface area contributed by atoms with E-state index in [0.29, 0.717) is 0 Å². The zero-order valence-electron chi connectivity index (χ0n) is 21.7. The minimum atomic E-state index is -0.487. The van der Waals surface area contributed by atoms with E-state index in [1.165, 1.54) is 27.8 Å². The number of rotatable bonds is 3. The molecule has 9 rings (SSSR count). The molecule has 0 spiro atoms. The monoisotopic (exact) mass is 512 g/mol. The summed E-state index contributed by atoms with van der Waals surface area (Å²) in [7, 11) is 0. The molecule has 2 bridgehead atoms. The van der Waals surface area contributed by atoms with Gasteiger partial charge in [0.05, 0.1) is 5.41 Å². The second-order valence-corrected chi connectivity index (χ2v) is 11.0. The Morgan fingerprint density at radius 3 is 1.75 bits per heavy atom. The summed E-state index contributed by atoms with van der Waals surface area (Å²) in [6.07, 6.45) is 0.859. The van der Waals surface area contributed by atoms with Crippen LogP contribution >= 0.6 is 0 Å². The van der Waals surface area contributed by atoms with Crippen molar-refractivity contribution in [2.75, 3.05) is 0 Å². The van der Waals surface area contributed by atoms with Crippen LogP contribution in [0.3, 0.4) is 0 Å². The molecule has 0 saturated carbocycles. The van der Waals surface area contributed by atoms with Gasteiger partial charge in [-0.1, -0.05) is 121 Å². The SMILES string of the molecule is c1ccc(-c2nc(C34CC(c5ccccc5)(c5ccccc53)c3ccccc34)nc3c2oc2ccccc23)cc1. The van der Waals surface area contributed by atoms with E-state index in [1.807, 2.05) is 18.2 Å². The normalized spacial score (nSPS) is 20.6. The van der Waals surface area contributed by atoms with Gasteiger partial charge in [0.1, 0.15) is 22.6 Å². The van der Waals surface area contributed by atoms with E-state index in [-0.39, 0.29) is 5.41 Å². The van der Waals surface area contributed by atoms with Gasteiger partial charge in [0.2, 0.25) is 0 Å². The van der Waals surface area contributed by atoms with Gasteiger partial charge in [0.25, 0.3) is 0 Å². The number of aromatic nitrogens is 2. The lowest BCUT2D eigenvalue weighted by Crippen LogP contribution is -2.28. The number of para-hydroxylation sites is 1. The van der Waals surface area contributed by atoms with Gasteiger partial charge >= 0.3 is 0 Å². The van der Waals surface area contributed by atoms with E-state index in [1.54, 1.807) is 0 Å². The molecule has 3 heteroatoms. The van der Waals surface area contributed by atoms with E-state index in [2.05, 4.69) is 115 Å². The topological polar surface area (TPSA) is 38.9 Å². The van der Waals surface area contributed by atoms with Gasteiger partial charge in [-0.2, -0.15) is 0 Å². The van der Waals surface area contributed by atoms with Gasteiger partial charge in [0.15, 0.2) is 5.58 Å². The molecule has 0 amide bonds. The second-order valence-electron chi connectivity index (χ2n) is 11.0. The van der Waals surface area contributed by atoms with E-state index in [9.17, 15) is 0 Å². The molecule has 7 aromatic rings. The summed E-state index contributed by atoms with van der Waals surface area (Å²) in [6, 6.07) is 47.4. The van der Waals surface area contributed by atoms with Crippen molar-refractivity contribution in [3.63, 3.8) is 0 Å². The molecule has 3 nitrogen and oxygen atoms in total. The third-order valence-corrected chi connectivity index (χ3v) is 9.14. The maximum Gasteiger partial charge on any atom is 0.180 e. The highest BCUT2D eigenvalue weighted by Gasteiger charge is 2.63. The van der Waals surface area contributed by atoms with Gasteiger partial charge < -0.3 is 4.42 Å². The average molecular weight is 513 g/mol. The van der Waals surface area contributed by atoms with Crippen LogP contribution in [0.25, 0.3) is 33.3 Å². The maximum absolute atomic E-state index is 6.44. The molecular formula is C37H24N2O. The molecule has 0 unspecified atom stereocenters. The minimum absolute atomic E-state index is 0.266. The van der Waals surface area contributed by atoms with Crippen molar-refractivity contribution in [1.82, 2.24) is 9.97 Å². The Morgan fingerprint density at radius 1 is 0.525 bits per heavy atom. The van der Waals surface area contributed by atoms with Crippen LogP contribution in [-0.2, 0) is 10.8 Å². The third kappa shape index (κ3) is 2.60. The summed E-state index contributed by atoms with van der Waals surface area (Å²) in [5.41, 5.74) is 10.1. The summed E-state index contributed by atoms with van der Waals surface area (Å²) in [5.74, 6) is 0.834. The molecule has 0 N–H and O–H groups in total. The summed E-state index contributed by atoms with van der Waals surface area (Å²) in [5, 5.41) is 1.02. The number of fused-ring (bicyclic) bond motifs is 11. The Kier molecular flexibility index (Phi) is 4.25. The van der Waals surface area contributed by atoms with Crippen LogP contribution in [0.1, 0.15) is 40.1 Å². The largest absolute Gasteiger partial charge is 0.452 e. The molecule has 40 heavy (non-hydrogen) atoms. The molecule has 0 atom stereocenters. The molecule has 0 aliphatic heterocycles. The predicted octanol–water partition coefficient (Wildman–Crippen LogP) is 8.43. The number of nitrogens with zero attached hydrogens (tertiary/aromatic N) is 2. The lowest BCUT2D eigenvalue weighted by Gasteiger charge is -2.33. The second kappa shape index (κ2) is 7.77. The van der Waals surface area contributed by atoms with Crippen molar-refractivity contribution in [3.8, 4) is 11.3 Å². The smallest absolute Gasteiger partial charge is 0.180 e. The van der Waals surface area contributed by atoms with Crippen LogP contribution in [0, 0.1) is 0 Å². The first kappa shape index (κ1) is 21.9. The van der Waals surface area contributed by atoms with Crippen molar-refractivity contribution in [3.05, 3.63) is 167 Å². The molecule has 0 radical (unpaired) electrons. The van der Waals surface area contributed by atoms with E-state index < -0.39 is 5.41 Å². The van der Waals surface area contributed by atoms with Gasteiger partial charge in [0, 0.05) is 16.4 Å². The summed E-state index contributed by atoms with van der Waals surface area (Å²) < 4.78 is 6.44. The molecule has 0 fully saturated rings. The van der Waals surface area contributed by atoms with E-state index >= 15 is 0 Å². The molecule has 0 saturated heterocycles. The van der Waals surface area contributed by atoms with Gasteiger partial charge in [-0.25, -0.2) is 9.97 Å². The van der Waals surface area contributed by atoms with Crippen LogP contribution in [-0.4, -0.2) is 9.97 Å².